The molecule has 0 aliphatic carbocycles. The molecule has 1 heterocycles. The minimum atomic E-state index is -4.86. The van der Waals surface area contributed by atoms with Crippen molar-refractivity contribution in [2.24, 2.45) is 0 Å². The number of halogens is 5. The molecule has 0 bridgehead atoms. The van der Waals surface area contributed by atoms with Crippen LogP contribution in [-0.4, -0.2) is 9.78 Å². The van der Waals surface area contributed by atoms with Crippen LogP contribution in [0.15, 0.2) is 29.2 Å². The van der Waals surface area contributed by atoms with Gasteiger partial charge in [-0.25, -0.2) is 13.5 Å². The van der Waals surface area contributed by atoms with E-state index in [2.05, 4.69) is 0 Å². The van der Waals surface area contributed by atoms with Gasteiger partial charge in [0.15, 0.2) is 0 Å². The highest BCUT2D eigenvalue weighted by Crippen LogP contribution is 2.26. The molecule has 0 amide bonds. The molecule has 96 valence electrons. The van der Waals surface area contributed by atoms with Crippen molar-refractivity contribution in [3.05, 3.63) is 51.9 Å². The van der Waals surface area contributed by atoms with Gasteiger partial charge in [0.2, 0.25) is 0 Å². The summed E-state index contributed by atoms with van der Waals surface area (Å²) in [5.41, 5.74) is -3.59. The highest BCUT2D eigenvalue weighted by molar-refractivity contribution is 5.34. The Labute approximate surface area is 96.4 Å². The van der Waals surface area contributed by atoms with Crippen molar-refractivity contribution in [3.8, 4) is 5.69 Å². The number of rotatable bonds is 1. The second-order valence-electron chi connectivity index (χ2n) is 3.42. The van der Waals surface area contributed by atoms with E-state index in [1.807, 2.05) is 5.10 Å². The number of hydrogen-bond acceptors (Lipinski definition) is 1. The first-order valence-corrected chi connectivity index (χ1v) is 4.64. The van der Waals surface area contributed by atoms with E-state index in [1.54, 1.807) is 0 Å². The Hall–Kier alpha value is -2.12. The van der Waals surface area contributed by atoms with Crippen molar-refractivity contribution in [2.45, 2.75) is 6.18 Å². The van der Waals surface area contributed by atoms with Crippen LogP contribution < -0.4 is 5.56 Å². The van der Waals surface area contributed by atoms with Crippen LogP contribution in [0, 0.1) is 11.6 Å². The second kappa shape index (κ2) is 3.97. The lowest BCUT2D eigenvalue weighted by Crippen LogP contribution is -2.23. The van der Waals surface area contributed by atoms with Gasteiger partial charge < -0.3 is 0 Å². The average molecular weight is 264 g/mol. The monoisotopic (exact) mass is 264 g/mol. The number of aromatic amines is 1. The topological polar surface area (TPSA) is 37.8 Å². The Morgan fingerprint density at radius 2 is 1.83 bits per heavy atom. The summed E-state index contributed by atoms with van der Waals surface area (Å²) in [5.74, 6) is -1.89. The van der Waals surface area contributed by atoms with Crippen LogP contribution in [0.3, 0.4) is 0 Å². The zero-order valence-electron chi connectivity index (χ0n) is 8.55. The predicted molar refractivity (Wildman–Crippen MR) is 51.3 cm³/mol. The minimum Gasteiger partial charge on any atom is -0.297 e. The summed E-state index contributed by atoms with van der Waals surface area (Å²) in [7, 11) is 0. The molecule has 1 aromatic heterocycles. The molecule has 1 aromatic carbocycles. The van der Waals surface area contributed by atoms with Gasteiger partial charge in [0, 0.05) is 12.3 Å². The standard InChI is InChI=1S/C10H5F5N2O/c11-5-1-2-7(12)8(3-5)17-9(18)6(4-16-17)10(13,14)15/h1-4,16H. The number of nitrogens with zero attached hydrogens (tertiary/aromatic N) is 1. The fourth-order valence-corrected chi connectivity index (χ4v) is 1.41. The van der Waals surface area contributed by atoms with Gasteiger partial charge in [0.05, 0.1) is 0 Å². The maximum absolute atomic E-state index is 13.3. The number of benzene rings is 1. The zero-order valence-corrected chi connectivity index (χ0v) is 8.55. The summed E-state index contributed by atoms with van der Waals surface area (Å²) in [4.78, 5) is 11.4. The molecule has 0 aliphatic heterocycles. The Kier molecular flexibility index (Phi) is 2.72. The first-order chi connectivity index (χ1) is 8.30. The van der Waals surface area contributed by atoms with Gasteiger partial charge in [-0.3, -0.25) is 9.89 Å². The molecule has 3 nitrogen and oxygen atoms in total. The molecule has 8 heteroatoms. The molecule has 18 heavy (non-hydrogen) atoms. The molecule has 1 N–H and O–H groups in total. The van der Waals surface area contributed by atoms with E-state index in [0.717, 1.165) is 6.07 Å². The first-order valence-electron chi connectivity index (χ1n) is 4.64. The summed E-state index contributed by atoms with van der Waals surface area (Å²) in [6.45, 7) is 0. The van der Waals surface area contributed by atoms with Gasteiger partial charge in [-0.1, -0.05) is 0 Å². The van der Waals surface area contributed by atoms with Crippen LogP contribution in [0.2, 0.25) is 0 Å². The van der Waals surface area contributed by atoms with Crippen molar-refractivity contribution < 1.29 is 22.0 Å². The maximum atomic E-state index is 13.3. The lowest BCUT2D eigenvalue weighted by molar-refractivity contribution is -0.138. The molecule has 0 saturated heterocycles. The summed E-state index contributed by atoms with van der Waals surface area (Å²) in [6.07, 6.45) is -4.46. The molecule has 0 atom stereocenters. The van der Waals surface area contributed by atoms with Crippen LogP contribution in [0.4, 0.5) is 22.0 Å². The fourth-order valence-electron chi connectivity index (χ4n) is 1.41. The van der Waals surface area contributed by atoms with Crippen LogP contribution in [0.5, 0.6) is 0 Å². The van der Waals surface area contributed by atoms with Gasteiger partial charge >= 0.3 is 6.18 Å². The number of hydrogen-bond donors (Lipinski definition) is 1. The van der Waals surface area contributed by atoms with E-state index in [4.69, 9.17) is 0 Å². The molecule has 2 rings (SSSR count). The van der Waals surface area contributed by atoms with Crippen molar-refractivity contribution in [2.75, 3.05) is 0 Å². The molecular weight excluding hydrogens is 259 g/mol. The Morgan fingerprint density at radius 1 is 1.17 bits per heavy atom. The molecule has 0 aliphatic rings. The first kappa shape index (κ1) is 12.3. The van der Waals surface area contributed by atoms with Crippen LogP contribution >= 0.6 is 0 Å². The molecule has 0 spiro atoms. The quantitative estimate of drug-likeness (QED) is 0.789. The number of H-pyrrole nitrogens is 1. The zero-order chi connectivity index (χ0) is 13.5. The Bertz CT molecular complexity index is 640. The lowest BCUT2D eigenvalue weighted by atomic mass is 10.3. The van der Waals surface area contributed by atoms with E-state index in [9.17, 15) is 26.7 Å². The van der Waals surface area contributed by atoms with Crippen LogP contribution in [0.25, 0.3) is 5.69 Å². The maximum Gasteiger partial charge on any atom is 0.423 e. The average Bonchev–Trinajstić information content (AvgIpc) is 2.63. The van der Waals surface area contributed by atoms with E-state index in [1.165, 1.54) is 0 Å². The highest BCUT2D eigenvalue weighted by atomic mass is 19.4. The number of nitrogens with one attached hydrogen (secondary N) is 1. The minimum absolute atomic E-state index is 0.293. The third-order valence-corrected chi connectivity index (χ3v) is 2.23. The van der Waals surface area contributed by atoms with E-state index in [0.29, 0.717) is 23.0 Å². The summed E-state index contributed by atoms with van der Waals surface area (Å²) >= 11 is 0. The van der Waals surface area contributed by atoms with Gasteiger partial charge in [0.25, 0.3) is 5.56 Å². The van der Waals surface area contributed by atoms with E-state index >= 15 is 0 Å². The van der Waals surface area contributed by atoms with Crippen LogP contribution in [0.1, 0.15) is 5.56 Å². The van der Waals surface area contributed by atoms with Crippen molar-refractivity contribution in [1.29, 1.82) is 0 Å². The van der Waals surface area contributed by atoms with Crippen molar-refractivity contribution in [1.82, 2.24) is 9.78 Å². The molecule has 0 radical (unpaired) electrons. The molecular formula is C10H5F5N2O. The van der Waals surface area contributed by atoms with Gasteiger partial charge in [-0.15, -0.1) is 0 Å². The molecule has 0 saturated carbocycles. The summed E-state index contributed by atoms with van der Waals surface area (Å²) < 4.78 is 63.6. The Balaban J connectivity index is 2.63. The molecule has 0 unspecified atom stereocenters. The third kappa shape index (κ3) is 2.01. The summed E-state index contributed by atoms with van der Waals surface area (Å²) in [5, 5.41) is 1.94. The largest absolute Gasteiger partial charge is 0.423 e. The fraction of sp³-hybridized carbons (Fsp3) is 0.100. The Morgan fingerprint density at radius 3 is 2.39 bits per heavy atom. The normalized spacial score (nSPS) is 11.8. The van der Waals surface area contributed by atoms with Gasteiger partial charge in [-0.05, 0) is 12.1 Å². The smallest absolute Gasteiger partial charge is 0.297 e. The number of alkyl halides is 3. The van der Waals surface area contributed by atoms with E-state index < -0.39 is 34.6 Å². The van der Waals surface area contributed by atoms with Gasteiger partial charge in [0.1, 0.15) is 22.9 Å². The van der Waals surface area contributed by atoms with E-state index in [-0.39, 0.29) is 0 Å². The van der Waals surface area contributed by atoms with Gasteiger partial charge in [-0.2, -0.15) is 13.2 Å². The summed E-state index contributed by atoms with van der Waals surface area (Å²) in [6, 6.07) is 2.12. The second-order valence-corrected chi connectivity index (χ2v) is 3.42. The van der Waals surface area contributed by atoms with Crippen molar-refractivity contribution in [3.63, 3.8) is 0 Å². The molecule has 2 aromatic rings. The third-order valence-electron chi connectivity index (χ3n) is 2.23. The van der Waals surface area contributed by atoms with Crippen molar-refractivity contribution >= 4 is 0 Å². The SMILES string of the molecule is O=c1c(C(F)(F)F)c[nH]n1-c1cc(F)ccc1F. The molecule has 0 fully saturated rings. The van der Waals surface area contributed by atoms with Crippen LogP contribution in [-0.2, 0) is 6.18 Å². The highest BCUT2D eigenvalue weighted by Gasteiger charge is 2.36. The number of aromatic nitrogens is 2. The predicted octanol–water partition coefficient (Wildman–Crippen LogP) is 2.46. The lowest BCUT2D eigenvalue weighted by Gasteiger charge is -2.03.